The summed E-state index contributed by atoms with van der Waals surface area (Å²) in [4.78, 5) is 49.3. The molecule has 14 heteroatoms. The van der Waals surface area contributed by atoms with E-state index in [0.717, 1.165) is 11.1 Å². The van der Waals surface area contributed by atoms with Gasteiger partial charge in [0.1, 0.15) is 24.4 Å². The second-order valence-corrected chi connectivity index (χ2v) is 11.8. The van der Waals surface area contributed by atoms with Gasteiger partial charge in [0.2, 0.25) is 5.91 Å². The maximum absolute atomic E-state index is 12.6. The van der Waals surface area contributed by atoms with Crippen molar-refractivity contribution in [3.63, 3.8) is 0 Å². The van der Waals surface area contributed by atoms with E-state index in [0.29, 0.717) is 0 Å². The topological polar surface area (TPSA) is 163 Å². The fourth-order valence-corrected chi connectivity index (χ4v) is 6.03. The summed E-state index contributed by atoms with van der Waals surface area (Å²) >= 11 is 0. The van der Waals surface area contributed by atoms with Crippen LogP contribution in [-0.4, -0.2) is 91.8 Å². The highest BCUT2D eigenvalue weighted by molar-refractivity contribution is 5.73. The molecule has 14 nitrogen and oxygen atoms in total. The van der Waals surface area contributed by atoms with Gasteiger partial charge in [0.25, 0.3) is 0 Å². The van der Waals surface area contributed by atoms with Crippen LogP contribution in [0.15, 0.2) is 60.7 Å². The largest absolute Gasteiger partial charge is 0.456 e. The maximum atomic E-state index is 12.6. The Morgan fingerprint density at radius 2 is 1.33 bits per heavy atom. The first kappa shape index (κ1) is 35.4. The van der Waals surface area contributed by atoms with Crippen LogP contribution in [0, 0.1) is 0 Å². The number of amides is 1. The van der Waals surface area contributed by atoms with Crippen LogP contribution < -0.4 is 5.32 Å². The van der Waals surface area contributed by atoms with Crippen molar-refractivity contribution in [2.24, 2.45) is 0 Å². The van der Waals surface area contributed by atoms with Gasteiger partial charge in [-0.3, -0.25) is 19.2 Å². The zero-order valence-corrected chi connectivity index (χ0v) is 27.3. The van der Waals surface area contributed by atoms with Crippen molar-refractivity contribution in [3.05, 3.63) is 71.8 Å². The number of hydrogen-bond donors (Lipinski definition) is 1. The summed E-state index contributed by atoms with van der Waals surface area (Å²) in [5, 5.41) is 2.89. The number of ether oxygens (including phenoxy) is 9. The predicted octanol–water partition coefficient (Wildman–Crippen LogP) is 2.47. The van der Waals surface area contributed by atoms with E-state index in [9.17, 15) is 19.2 Å². The molecule has 0 spiro atoms. The molecule has 3 heterocycles. The smallest absolute Gasteiger partial charge is 0.303 e. The molecule has 3 aliphatic heterocycles. The molecule has 0 bridgehead atoms. The van der Waals surface area contributed by atoms with E-state index in [4.69, 9.17) is 42.6 Å². The van der Waals surface area contributed by atoms with E-state index in [-0.39, 0.29) is 13.2 Å². The zero-order chi connectivity index (χ0) is 34.4. The summed E-state index contributed by atoms with van der Waals surface area (Å²) in [6.45, 7) is 6.72. The molecule has 48 heavy (non-hydrogen) atoms. The summed E-state index contributed by atoms with van der Waals surface area (Å²) in [6, 6.07) is 17.7. The van der Waals surface area contributed by atoms with Crippen molar-refractivity contribution in [3.8, 4) is 0 Å². The van der Waals surface area contributed by atoms with E-state index in [2.05, 4.69) is 5.32 Å². The number of carbonyl (C=O) groups excluding carboxylic acids is 4. The van der Waals surface area contributed by atoms with Crippen LogP contribution >= 0.6 is 0 Å². The quantitative estimate of drug-likeness (QED) is 0.290. The highest BCUT2D eigenvalue weighted by Crippen LogP contribution is 2.38. The lowest BCUT2D eigenvalue weighted by molar-refractivity contribution is -0.377. The van der Waals surface area contributed by atoms with E-state index >= 15 is 0 Å². The van der Waals surface area contributed by atoms with Crippen LogP contribution in [0.4, 0.5) is 0 Å². The van der Waals surface area contributed by atoms with Crippen LogP contribution in [0.25, 0.3) is 0 Å². The highest BCUT2D eigenvalue weighted by Gasteiger charge is 2.56. The Kier molecular flexibility index (Phi) is 11.8. The van der Waals surface area contributed by atoms with Gasteiger partial charge in [-0.1, -0.05) is 60.7 Å². The van der Waals surface area contributed by atoms with Gasteiger partial charge in [0.15, 0.2) is 37.2 Å². The molecule has 0 aromatic heterocycles. The number of nitrogens with one attached hydrogen (secondary N) is 1. The fraction of sp³-hybridized carbons (Fsp3) is 0.529. The van der Waals surface area contributed by atoms with Gasteiger partial charge in [0.05, 0.1) is 19.3 Å². The number of fused-ring (bicyclic) bond motifs is 1. The minimum atomic E-state index is -1.39. The van der Waals surface area contributed by atoms with Crippen LogP contribution in [-0.2, 0) is 68.4 Å². The van der Waals surface area contributed by atoms with Crippen molar-refractivity contribution >= 4 is 23.8 Å². The second-order valence-electron chi connectivity index (χ2n) is 11.8. The molecule has 3 saturated heterocycles. The average Bonchev–Trinajstić information content (AvgIpc) is 3.04. The second kappa shape index (κ2) is 16.0. The summed E-state index contributed by atoms with van der Waals surface area (Å²) in [7, 11) is 0. The zero-order valence-electron chi connectivity index (χ0n) is 27.3. The SMILES string of the molecule is CC(=O)N[C@H]1[C@H](OCc2ccccc2)O[C@@H]2CO[C@@H](c3ccccc3)O[C@H]2[C@@H]1O[C@H]1O[C@@H](C)[C@@H](OC(C)=O)[C@@H](OC(C)=O)[C@@H]1OC(C)=O. The fourth-order valence-electron chi connectivity index (χ4n) is 6.03. The van der Waals surface area contributed by atoms with Gasteiger partial charge in [0, 0.05) is 33.3 Å². The molecule has 3 aliphatic rings. The molecule has 260 valence electrons. The molecule has 0 saturated carbocycles. The molecule has 0 radical (unpaired) electrons. The third-order valence-corrected chi connectivity index (χ3v) is 7.96. The molecule has 0 unspecified atom stereocenters. The number of benzene rings is 2. The highest BCUT2D eigenvalue weighted by atomic mass is 16.8. The van der Waals surface area contributed by atoms with Crippen LogP contribution in [0.3, 0.4) is 0 Å². The van der Waals surface area contributed by atoms with E-state index in [1.165, 1.54) is 27.7 Å². The summed E-state index contributed by atoms with van der Waals surface area (Å²) in [5.74, 6) is -2.51. The molecule has 2 aromatic carbocycles. The van der Waals surface area contributed by atoms with E-state index in [1.807, 2.05) is 60.7 Å². The summed E-state index contributed by atoms with van der Waals surface area (Å²) in [5.41, 5.74) is 1.61. The molecule has 1 N–H and O–H groups in total. The summed E-state index contributed by atoms with van der Waals surface area (Å²) in [6.07, 6.45) is -10.6. The van der Waals surface area contributed by atoms with Gasteiger partial charge in [-0.15, -0.1) is 0 Å². The molecular formula is C34H41NO13. The van der Waals surface area contributed by atoms with E-state index in [1.54, 1.807) is 6.92 Å². The maximum Gasteiger partial charge on any atom is 0.303 e. The standard InChI is InChI=1S/C34H41NO13/c1-18-27(43-20(3)37)30(44-21(4)38)31(45-22(5)39)34(42-18)48-29-26(35-19(2)36)33(40-16-23-12-8-6-9-13-23)46-25-17-41-32(47-28(25)29)24-14-10-7-11-15-24/h6-15,18,25-34H,16-17H2,1-5H3,(H,35,36)/t18-,25+,26+,27+,28+,29+,30+,31-,32+,33+,34+/m0/s1. The minimum absolute atomic E-state index is 0.0853. The number of carbonyl (C=O) groups is 4. The molecule has 3 fully saturated rings. The normalized spacial score (nSPS) is 33.1. The lowest BCUT2D eigenvalue weighted by Crippen LogP contribution is -2.69. The Labute approximate surface area is 278 Å². The Morgan fingerprint density at radius 3 is 1.96 bits per heavy atom. The Hall–Kier alpha value is -3.92. The lowest BCUT2D eigenvalue weighted by atomic mass is 9.94. The van der Waals surface area contributed by atoms with Crippen molar-refractivity contribution < 1.29 is 61.8 Å². The Balaban J connectivity index is 1.51. The number of hydrogen-bond acceptors (Lipinski definition) is 13. The van der Waals surface area contributed by atoms with Crippen molar-refractivity contribution in [1.29, 1.82) is 0 Å². The van der Waals surface area contributed by atoms with Crippen LogP contribution in [0.1, 0.15) is 52.0 Å². The van der Waals surface area contributed by atoms with Gasteiger partial charge < -0.3 is 47.9 Å². The number of rotatable bonds is 10. The van der Waals surface area contributed by atoms with Gasteiger partial charge >= 0.3 is 17.9 Å². The molecule has 1 amide bonds. The first-order chi connectivity index (χ1) is 23.0. The minimum Gasteiger partial charge on any atom is -0.456 e. The van der Waals surface area contributed by atoms with Gasteiger partial charge in [-0.05, 0) is 12.5 Å². The van der Waals surface area contributed by atoms with Crippen molar-refractivity contribution in [2.75, 3.05) is 6.61 Å². The van der Waals surface area contributed by atoms with Crippen LogP contribution in [0.2, 0.25) is 0 Å². The summed E-state index contributed by atoms with van der Waals surface area (Å²) < 4.78 is 54.6. The van der Waals surface area contributed by atoms with Gasteiger partial charge in [-0.2, -0.15) is 0 Å². The van der Waals surface area contributed by atoms with Gasteiger partial charge in [-0.25, -0.2) is 0 Å². The third-order valence-electron chi connectivity index (χ3n) is 7.96. The number of esters is 3. The van der Waals surface area contributed by atoms with Crippen LogP contribution in [0.5, 0.6) is 0 Å². The molecule has 11 atom stereocenters. The predicted molar refractivity (Wildman–Crippen MR) is 163 cm³/mol. The molecule has 5 rings (SSSR count). The lowest BCUT2D eigenvalue weighted by Gasteiger charge is -2.51. The first-order valence-corrected chi connectivity index (χ1v) is 15.7. The monoisotopic (exact) mass is 671 g/mol. The molecule has 0 aliphatic carbocycles. The van der Waals surface area contributed by atoms with Crippen molar-refractivity contribution in [1.82, 2.24) is 5.32 Å². The Bertz CT molecular complexity index is 1410. The molecule has 2 aromatic rings. The first-order valence-electron chi connectivity index (χ1n) is 15.7. The van der Waals surface area contributed by atoms with Crippen molar-refractivity contribution in [2.45, 2.75) is 109 Å². The third kappa shape index (κ3) is 8.75. The van der Waals surface area contributed by atoms with E-state index < -0.39 is 91.5 Å². The molecular weight excluding hydrogens is 630 g/mol. The average molecular weight is 672 g/mol. The Morgan fingerprint density at radius 1 is 0.729 bits per heavy atom.